The molecular weight excluding hydrogens is 1350 g/mol. The van der Waals surface area contributed by atoms with Crippen molar-refractivity contribution in [3.63, 3.8) is 0 Å². The van der Waals surface area contributed by atoms with Crippen molar-refractivity contribution >= 4 is 82.5 Å². The summed E-state index contributed by atoms with van der Waals surface area (Å²) in [4.78, 5) is 192. The number of nitrogens with zero attached hydrogens (tertiary/aromatic N) is 9. The highest BCUT2D eigenvalue weighted by atomic mass is 35.5. The van der Waals surface area contributed by atoms with Gasteiger partial charge in [-0.3, -0.25) is 57.5 Å². The number of carbonyl (C=O) groups excluding carboxylic acids is 12. The number of fused-ring (bicyclic) bond motifs is 1. The predicted molar refractivity (Wildman–Crippen MR) is 381 cm³/mol. The molecule has 103 heavy (non-hydrogen) atoms. The van der Waals surface area contributed by atoms with E-state index in [9.17, 15) is 37.1 Å². The molecule has 3 heterocycles. The molecule has 1 aromatic carbocycles. The summed E-state index contributed by atoms with van der Waals surface area (Å²) < 4.78 is 41.7. The van der Waals surface area contributed by atoms with Gasteiger partial charge >= 0.3 is 6.18 Å². The van der Waals surface area contributed by atoms with Gasteiger partial charge in [0.15, 0.2) is 0 Å². The second-order valence-electron chi connectivity index (χ2n) is 30.9. The lowest BCUT2D eigenvalue weighted by molar-refractivity contribution is -0.157. The molecule has 0 aromatic heterocycles. The molecule has 1 unspecified atom stereocenters. The van der Waals surface area contributed by atoms with Gasteiger partial charge in [0, 0.05) is 69.0 Å². The number of nitrogens with one attached hydrogen (secondary N) is 3. The number of rotatable bonds is 11. The van der Waals surface area contributed by atoms with Crippen molar-refractivity contribution in [2.75, 3.05) is 88.6 Å². The maximum absolute atomic E-state index is 15.9. The minimum atomic E-state index is -4.76. The van der Waals surface area contributed by atoms with Gasteiger partial charge in [-0.15, -0.1) is 0 Å². The molecule has 3 saturated heterocycles. The van der Waals surface area contributed by atoms with Crippen molar-refractivity contribution in [1.29, 1.82) is 0 Å². The minimum Gasteiger partial charge on any atom is -0.343 e. The van der Waals surface area contributed by atoms with Crippen molar-refractivity contribution in [3.8, 4) is 0 Å². The van der Waals surface area contributed by atoms with Gasteiger partial charge < -0.3 is 60.0 Å². The molecule has 3 aliphatic heterocycles. The molecule has 24 nitrogen and oxygen atoms in total. The Morgan fingerprint density at radius 3 is 1.75 bits per heavy atom. The highest BCUT2D eigenvalue weighted by molar-refractivity contribution is 6.31. The molecule has 0 radical (unpaired) electrons. The van der Waals surface area contributed by atoms with E-state index in [1.807, 2.05) is 6.92 Å². The van der Waals surface area contributed by atoms with Crippen LogP contribution in [0.4, 0.5) is 13.2 Å². The van der Waals surface area contributed by atoms with Gasteiger partial charge in [0.05, 0.1) is 36.6 Å². The first-order chi connectivity index (χ1) is 48.8. The van der Waals surface area contributed by atoms with Crippen molar-refractivity contribution in [1.82, 2.24) is 60.0 Å². The standard InChI is InChI=1S/C75H114ClF3N12O12/c1-10-48(2)64-71(101)85(5)46-62(94)83(3)47-63(95)87(7)58(43-50-25-14-11-15-26-50)69(99)84(4)45-60(92)80-55(35-33-51-32-34-53(54(76)41-51)75(77,78)79)68(98)91-40-24-31-56(91)67(97)82-74(36-20-21-37-74)73(103)89(9)65(52-29-16-12-17-30-52)72(102)88(8)59(70(100)90-38-22-13-23-39-90)44-61(93)86(6)57(66(96)81-64)42-49-27-18-19-28-49/h32,34,41,48-50,52,55-59,64-65H,10-31,33,35-40,42-47H2,1-9H3,(H,80,92)(H,81,96)(H,82,97)/t48-,55-,56?,57-,58-,59-,64-,65-/m0/s1. The fraction of sp³-hybridized carbons (Fsp3) is 0.760. The summed E-state index contributed by atoms with van der Waals surface area (Å²) in [6, 6.07) is -5.41. The average Bonchev–Trinajstić information content (AvgIpc) is 1.75. The smallest absolute Gasteiger partial charge is 0.343 e. The Morgan fingerprint density at radius 2 is 1.15 bits per heavy atom. The van der Waals surface area contributed by atoms with E-state index < -0.39 is 173 Å². The number of likely N-dealkylation sites (tertiary alicyclic amines) is 1. The van der Waals surface area contributed by atoms with E-state index >= 15 is 33.6 Å². The molecule has 8 atom stereocenters. The van der Waals surface area contributed by atoms with Crippen LogP contribution in [0.1, 0.15) is 205 Å². The van der Waals surface area contributed by atoms with Crippen LogP contribution in [0.3, 0.4) is 0 Å². The van der Waals surface area contributed by atoms with E-state index in [4.69, 9.17) is 11.6 Å². The summed E-state index contributed by atoms with van der Waals surface area (Å²) in [5.41, 5.74) is -2.33. The van der Waals surface area contributed by atoms with Crippen LogP contribution in [0.25, 0.3) is 0 Å². The number of likely N-dealkylation sites (N-methyl/N-ethyl adjacent to an activating group) is 7. The maximum Gasteiger partial charge on any atom is 0.417 e. The Kier molecular flexibility index (Phi) is 29.1. The van der Waals surface area contributed by atoms with Crippen LogP contribution in [0.5, 0.6) is 0 Å². The SMILES string of the molecule is CC[C@H](C)[C@@H]1NC(=O)[C@H](CC2CCCC2)N(C)C(=O)C[C@@H](C(=O)N2CCCCC2)N(C)C(=O)[C@H](C2CCCCC2)N(C)C(=O)C2(CCCC2)NC(=O)C2CCCN2C(=O)[C@H](CCc2ccc(C(F)(F)F)c(Cl)c2)NC(=O)CN(C)C(=O)[C@H](CC2CCCCC2)N(C)C(=O)CN(C)C(=O)CN(C)C1=O. The molecule has 4 saturated carbocycles. The Balaban J connectivity index is 1.18. The number of piperidine rings is 1. The number of hydrogen-bond acceptors (Lipinski definition) is 12. The van der Waals surface area contributed by atoms with Crippen LogP contribution in [0.2, 0.25) is 5.02 Å². The summed E-state index contributed by atoms with van der Waals surface area (Å²) >= 11 is 6.17. The van der Waals surface area contributed by atoms with Crippen molar-refractivity contribution in [2.24, 2.45) is 23.7 Å². The third-order valence-corrected chi connectivity index (χ3v) is 24.0. The van der Waals surface area contributed by atoms with Crippen LogP contribution in [-0.2, 0) is 70.1 Å². The molecule has 12 amide bonds. The fourth-order valence-electron chi connectivity index (χ4n) is 17.0. The predicted octanol–water partition coefficient (Wildman–Crippen LogP) is 6.96. The van der Waals surface area contributed by atoms with E-state index in [-0.39, 0.29) is 63.3 Å². The van der Waals surface area contributed by atoms with Gasteiger partial charge in [-0.05, 0) is 125 Å². The van der Waals surface area contributed by atoms with E-state index in [2.05, 4.69) is 16.0 Å². The molecule has 3 N–H and O–H groups in total. The van der Waals surface area contributed by atoms with Crippen LogP contribution in [0, 0.1) is 23.7 Å². The zero-order chi connectivity index (χ0) is 75.2. The highest BCUT2D eigenvalue weighted by Gasteiger charge is 2.52. The van der Waals surface area contributed by atoms with Crippen molar-refractivity contribution in [2.45, 2.75) is 254 Å². The summed E-state index contributed by atoms with van der Waals surface area (Å²) in [6.07, 6.45) is 10.8. The van der Waals surface area contributed by atoms with Crippen LogP contribution < -0.4 is 16.0 Å². The summed E-state index contributed by atoms with van der Waals surface area (Å²) in [6.45, 7) is 2.80. The van der Waals surface area contributed by atoms with Crippen molar-refractivity contribution in [3.05, 3.63) is 34.3 Å². The normalized spacial score (nSPS) is 27.4. The molecule has 1 aromatic rings. The molecule has 0 bridgehead atoms. The summed E-state index contributed by atoms with van der Waals surface area (Å²) in [5, 5.41) is 8.29. The second-order valence-corrected chi connectivity index (χ2v) is 31.3. The largest absolute Gasteiger partial charge is 0.417 e. The summed E-state index contributed by atoms with van der Waals surface area (Å²) in [7, 11) is 10.2. The molecule has 28 heteroatoms. The van der Waals surface area contributed by atoms with Gasteiger partial charge in [0.2, 0.25) is 70.9 Å². The van der Waals surface area contributed by atoms with E-state index in [1.54, 1.807) is 11.8 Å². The van der Waals surface area contributed by atoms with E-state index in [0.717, 1.165) is 105 Å². The molecule has 4 aliphatic carbocycles. The Morgan fingerprint density at radius 1 is 0.583 bits per heavy atom. The average molecular weight is 1470 g/mol. The fourth-order valence-corrected chi connectivity index (χ4v) is 17.3. The van der Waals surface area contributed by atoms with Gasteiger partial charge in [0.1, 0.15) is 47.8 Å². The Bertz CT molecular complexity index is 3200. The molecule has 1 spiro atoms. The first-order valence-electron chi connectivity index (χ1n) is 38.0. The number of halogens is 4. The Hall–Kier alpha value is -7.06. The second kappa shape index (κ2) is 36.8. The zero-order valence-electron chi connectivity index (χ0n) is 62.3. The maximum atomic E-state index is 15.9. The molecule has 7 fully saturated rings. The summed E-state index contributed by atoms with van der Waals surface area (Å²) in [5.74, 6) is -8.27. The Labute approximate surface area is 611 Å². The number of carbonyl (C=O) groups is 12. The number of aryl methyl sites for hydroxylation is 1. The van der Waals surface area contributed by atoms with Gasteiger partial charge in [-0.2, -0.15) is 13.2 Å². The quantitative estimate of drug-likeness (QED) is 0.203. The highest BCUT2D eigenvalue weighted by Crippen LogP contribution is 2.39. The number of hydrogen-bond donors (Lipinski definition) is 3. The number of amides is 12. The van der Waals surface area contributed by atoms with Crippen LogP contribution in [0.15, 0.2) is 18.2 Å². The van der Waals surface area contributed by atoms with E-state index in [0.29, 0.717) is 70.0 Å². The monoisotopic (exact) mass is 1470 g/mol. The lowest BCUT2D eigenvalue weighted by atomic mass is 9.81. The van der Waals surface area contributed by atoms with Gasteiger partial charge in [0.25, 0.3) is 0 Å². The first-order valence-corrected chi connectivity index (χ1v) is 38.4. The first kappa shape index (κ1) is 81.6. The molecule has 574 valence electrons. The zero-order valence-corrected chi connectivity index (χ0v) is 63.0. The van der Waals surface area contributed by atoms with Gasteiger partial charge in [-0.1, -0.05) is 128 Å². The van der Waals surface area contributed by atoms with Crippen molar-refractivity contribution < 1.29 is 70.7 Å². The molecule has 8 rings (SSSR count). The third kappa shape index (κ3) is 20.5. The lowest BCUT2D eigenvalue weighted by Crippen LogP contribution is -2.65. The molecular formula is C75H114ClF3N12O12. The number of alkyl halides is 3. The minimum absolute atomic E-state index is 0.0220. The lowest BCUT2D eigenvalue weighted by Gasteiger charge is -2.43. The number of benzene rings is 1. The van der Waals surface area contributed by atoms with Gasteiger partial charge in [-0.25, -0.2) is 0 Å². The van der Waals surface area contributed by atoms with Crippen LogP contribution >= 0.6 is 11.6 Å². The van der Waals surface area contributed by atoms with Crippen LogP contribution in [-0.4, -0.2) is 251 Å². The van der Waals surface area contributed by atoms with E-state index in [1.165, 1.54) is 84.8 Å². The molecule has 7 aliphatic rings. The topological polar surface area (TPSA) is 270 Å². The third-order valence-electron chi connectivity index (χ3n) is 23.7.